The van der Waals surface area contributed by atoms with Crippen LogP contribution in [0.1, 0.15) is 6.92 Å². The maximum Gasteiger partial charge on any atom is 0.311 e. The summed E-state index contributed by atoms with van der Waals surface area (Å²) in [5.74, 6) is 0.259. The molecule has 0 bridgehead atoms. The molecule has 0 radical (unpaired) electrons. The van der Waals surface area contributed by atoms with Crippen molar-refractivity contribution in [3.8, 4) is 17.0 Å². The lowest BCUT2D eigenvalue weighted by atomic mass is 10.1. The van der Waals surface area contributed by atoms with Crippen LogP contribution >= 0.6 is 11.3 Å². The van der Waals surface area contributed by atoms with E-state index in [1.165, 1.54) is 17.4 Å². The molecule has 0 fully saturated rings. The van der Waals surface area contributed by atoms with Crippen molar-refractivity contribution in [2.24, 2.45) is 0 Å². The van der Waals surface area contributed by atoms with E-state index in [9.17, 15) is 10.1 Å². The third-order valence-electron chi connectivity index (χ3n) is 2.27. The van der Waals surface area contributed by atoms with E-state index in [1.807, 2.05) is 0 Å². The molecule has 2 aromatic rings. The molecule has 94 valence electrons. The molecule has 0 saturated carbocycles. The second-order valence-corrected chi connectivity index (χ2v) is 4.33. The van der Waals surface area contributed by atoms with E-state index in [-0.39, 0.29) is 11.4 Å². The molecular formula is C11H11N3O3S. The number of nitrogens with two attached hydrogens (primary N) is 1. The van der Waals surface area contributed by atoms with Gasteiger partial charge in [0, 0.05) is 17.0 Å². The van der Waals surface area contributed by atoms with Crippen LogP contribution in [0, 0.1) is 10.1 Å². The smallest absolute Gasteiger partial charge is 0.311 e. The van der Waals surface area contributed by atoms with Crippen LogP contribution in [-0.2, 0) is 0 Å². The minimum Gasteiger partial charge on any atom is -0.487 e. The summed E-state index contributed by atoms with van der Waals surface area (Å²) in [7, 11) is 0. The van der Waals surface area contributed by atoms with Gasteiger partial charge in [-0.15, -0.1) is 11.3 Å². The van der Waals surface area contributed by atoms with Crippen LogP contribution in [0.25, 0.3) is 11.3 Å². The zero-order valence-electron chi connectivity index (χ0n) is 9.62. The Labute approximate surface area is 107 Å². The number of aromatic nitrogens is 1. The average molecular weight is 265 g/mol. The predicted octanol–water partition coefficient (Wildman–Crippen LogP) is 2.70. The summed E-state index contributed by atoms with van der Waals surface area (Å²) in [5, 5.41) is 13.2. The highest BCUT2D eigenvalue weighted by molar-refractivity contribution is 7.13. The quantitative estimate of drug-likeness (QED) is 0.677. The zero-order chi connectivity index (χ0) is 13.1. The van der Waals surface area contributed by atoms with Crippen molar-refractivity contribution in [2.75, 3.05) is 12.3 Å². The fourth-order valence-electron chi connectivity index (χ4n) is 1.52. The van der Waals surface area contributed by atoms with Crippen molar-refractivity contribution in [1.29, 1.82) is 0 Å². The Balaban J connectivity index is 2.46. The molecule has 1 heterocycles. The van der Waals surface area contributed by atoms with Gasteiger partial charge in [0.15, 0.2) is 10.9 Å². The lowest BCUT2D eigenvalue weighted by molar-refractivity contribution is -0.385. The van der Waals surface area contributed by atoms with Crippen molar-refractivity contribution in [3.05, 3.63) is 33.7 Å². The van der Waals surface area contributed by atoms with Gasteiger partial charge in [0.25, 0.3) is 0 Å². The Kier molecular flexibility index (Phi) is 3.42. The standard InChI is InChI=1S/C11H11N3O3S/c1-2-17-10-4-3-7(5-9(10)14(15)16)8-6-18-11(12)13-8/h3-6H,2H2,1H3,(H2,12,13). The molecule has 0 aliphatic carbocycles. The van der Waals surface area contributed by atoms with Gasteiger partial charge in [-0.1, -0.05) is 0 Å². The van der Waals surface area contributed by atoms with Gasteiger partial charge >= 0.3 is 5.69 Å². The highest BCUT2D eigenvalue weighted by Crippen LogP contribution is 2.33. The van der Waals surface area contributed by atoms with E-state index in [0.29, 0.717) is 23.0 Å². The number of nitrogen functional groups attached to an aromatic ring is 1. The Hall–Kier alpha value is -2.15. The molecule has 0 saturated heterocycles. The summed E-state index contributed by atoms with van der Waals surface area (Å²) in [4.78, 5) is 14.6. The lowest BCUT2D eigenvalue weighted by Crippen LogP contribution is -1.97. The van der Waals surface area contributed by atoms with Crippen LogP contribution in [0.4, 0.5) is 10.8 Å². The van der Waals surface area contributed by atoms with E-state index in [0.717, 1.165) is 0 Å². The third kappa shape index (κ3) is 2.40. The van der Waals surface area contributed by atoms with Crippen LogP contribution in [0.2, 0.25) is 0 Å². The largest absolute Gasteiger partial charge is 0.487 e. The Morgan fingerprint density at radius 3 is 2.89 bits per heavy atom. The summed E-state index contributed by atoms with van der Waals surface area (Å²) in [6.07, 6.45) is 0. The summed E-state index contributed by atoms with van der Waals surface area (Å²) >= 11 is 1.29. The van der Waals surface area contributed by atoms with Crippen LogP contribution in [0.15, 0.2) is 23.6 Å². The lowest BCUT2D eigenvalue weighted by Gasteiger charge is -2.05. The summed E-state index contributed by atoms with van der Waals surface area (Å²) in [6, 6.07) is 4.75. The first-order valence-corrected chi connectivity index (χ1v) is 6.12. The van der Waals surface area contributed by atoms with Gasteiger partial charge < -0.3 is 10.5 Å². The first-order chi connectivity index (χ1) is 8.61. The number of nitro benzene ring substituents is 1. The van der Waals surface area contributed by atoms with Crippen molar-refractivity contribution in [1.82, 2.24) is 4.98 Å². The zero-order valence-corrected chi connectivity index (χ0v) is 10.4. The van der Waals surface area contributed by atoms with Crippen molar-refractivity contribution in [3.63, 3.8) is 0 Å². The van der Waals surface area contributed by atoms with Crippen molar-refractivity contribution in [2.45, 2.75) is 6.92 Å². The van der Waals surface area contributed by atoms with Gasteiger partial charge in [-0.25, -0.2) is 4.98 Å². The van der Waals surface area contributed by atoms with E-state index < -0.39 is 4.92 Å². The van der Waals surface area contributed by atoms with Gasteiger partial charge in [0.05, 0.1) is 17.2 Å². The van der Waals surface area contributed by atoms with Gasteiger partial charge in [-0.3, -0.25) is 10.1 Å². The molecule has 18 heavy (non-hydrogen) atoms. The van der Waals surface area contributed by atoms with Crippen molar-refractivity contribution >= 4 is 22.2 Å². The maximum atomic E-state index is 11.0. The number of hydrogen-bond donors (Lipinski definition) is 1. The Bertz CT molecular complexity index is 583. The van der Waals surface area contributed by atoms with Gasteiger partial charge in [0.2, 0.25) is 0 Å². The summed E-state index contributed by atoms with van der Waals surface area (Å²) in [5.41, 5.74) is 6.75. The predicted molar refractivity (Wildman–Crippen MR) is 69.8 cm³/mol. The minimum absolute atomic E-state index is 0.0686. The monoisotopic (exact) mass is 265 g/mol. The Morgan fingerprint density at radius 2 is 2.33 bits per heavy atom. The van der Waals surface area contributed by atoms with Gasteiger partial charge in [-0.05, 0) is 19.1 Å². The van der Waals surface area contributed by atoms with Gasteiger partial charge in [-0.2, -0.15) is 0 Å². The Morgan fingerprint density at radius 1 is 1.56 bits per heavy atom. The van der Waals surface area contributed by atoms with Crippen LogP contribution in [-0.4, -0.2) is 16.5 Å². The number of anilines is 1. The number of hydrogen-bond acceptors (Lipinski definition) is 6. The fraction of sp³-hybridized carbons (Fsp3) is 0.182. The van der Waals surface area contributed by atoms with Gasteiger partial charge in [0.1, 0.15) is 0 Å². The van der Waals surface area contributed by atoms with E-state index in [4.69, 9.17) is 10.5 Å². The minimum atomic E-state index is -0.468. The molecule has 0 atom stereocenters. The highest BCUT2D eigenvalue weighted by Gasteiger charge is 2.17. The summed E-state index contributed by atoms with van der Waals surface area (Å²) < 4.78 is 5.21. The molecular weight excluding hydrogens is 254 g/mol. The average Bonchev–Trinajstić information content (AvgIpc) is 2.76. The van der Waals surface area contributed by atoms with E-state index in [2.05, 4.69) is 4.98 Å². The number of nitro groups is 1. The second kappa shape index (κ2) is 5.01. The maximum absolute atomic E-state index is 11.0. The normalized spacial score (nSPS) is 10.3. The topological polar surface area (TPSA) is 91.3 Å². The van der Waals surface area contributed by atoms with E-state index >= 15 is 0 Å². The number of benzene rings is 1. The van der Waals surface area contributed by atoms with Crippen LogP contribution in [0.3, 0.4) is 0 Å². The SMILES string of the molecule is CCOc1ccc(-c2csc(N)n2)cc1[N+](=O)[O-]. The molecule has 0 amide bonds. The molecule has 6 nitrogen and oxygen atoms in total. The summed E-state index contributed by atoms with van der Waals surface area (Å²) in [6.45, 7) is 2.16. The number of nitrogens with zero attached hydrogens (tertiary/aromatic N) is 2. The fourth-order valence-corrected chi connectivity index (χ4v) is 2.09. The molecule has 0 aliphatic rings. The van der Waals surface area contributed by atoms with Crippen LogP contribution < -0.4 is 10.5 Å². The number of rotatable bonds is 4. The molecule has 0 aliphatic heterocycles. The van der Waals surface area contributed by atoms with Crippen molar-refractivity contribution < 1.29 is 9.66 Å². The highest BCUT2D eigenvalue weighted by atomic mass is 32.1. The molecule has 0 unspecified atom stereocenters. The first kappa shape index (κ1) is 12.3. The number of ether oxygens (including phenoxy) is 1. The third-order valence-corrected chi connectivity index (χ3v) is 2.95. The molecule has 1 aromatic carbocycles. The van der Waals surface area contributed by atoms with Crippen LogP contribution in [0.5, 0.6) is 5.75 Å². The van der Waals surface area contributed by atoms with E-state index in [1.54, 1.807) is 24.4 Å². The molecule has 2 rings (SSSR count). The molecule has 7 heteroatoms. The second-order valence-electron chi connectivity index (χ2n) is 3.44. The molecule has 1 aromatic heterocycles. The molecule has 0 spiro atoms. The number of thiazole rings is 1. The molecule has 2 N–H and O–H groups in total. The first-order valence-electron chi connectivity index (χ1n) is 5.24.